The van der Waals surface area contributed by atoms with Crippen molar-refractivity contribution in [3.05, 3.63) is 118 Å². The molecule has 0 spiro atoms. The van der Waals surface area contributed by atoms with Crippen LogP contribution in [0.4, 0.5) is 26.3 Å². The summed E-state index contributed by atoms with van der Waals surface area (Å²) in [6.45, 7) is 1.75. The molecule has 226 valence electrons. The Hall–Kier alpha value is -4.71. The number of halogens is 6. The number of aryl methyl sites for hydroxylation is 1. The number of hydrogen-bond acceptors (Lipinski definition) is 5. The molecule has 0 unspecified atom stereocenters. The monoisotopic (exact) mass is 627 g/mol. The lowest BCUT2D eigenvalue weighted by atomic mass is 10.1. The maximum absolute atomic E-state index is 12.9. The minimum Gasteiger partial charge on any atom is -0.486 e. The number of hydrogen-bond donors (Lipinski definition) is 1. The van der Waals surface area contributed by atoms with E-state index in [1.165, 1.54) is 36.0 Å². The van der Waals surface area contributed by atoms with E-state index in [1.54, 1.807) is 24.3 Å². The highest BCUT2D eigenvalue weighted by Gasteiger charge is 2.30. The van der Waals surface area contributed by atoms with Crippen LogP contribution in [-0.4, -0.2) is 30.1 Å². The maximum Gasteiger partial charge on any atom is 0.416 e. The Bertz CT molecular complexity index is 1620. The predicted octanol–water partition coefficient (Wildman–Crippen LogP) is 7.56. The molecule has 0 radical (unpaired) electrons. The first-order valence-electron chi connectivity index (χ1n) is 12.6. The van der Waals surface area contributed by atoms with Gasteiger partial charge >= 0.3 is 12.4 Å². The van der Waals surface area contributed by atoms with Gasteiger partial charge in [0.15, 0.2) is 6.29 Å². The first kappa shape index (κ1) is 33.8. The van der Waals surface area contributed by atoms with E-state index in [1.807, 2.05) is 13.0 Å². The summed E-state index contributed by atoms with van der Waals surface area (Å²) >= 11 is 1.29. The minimum atomic E-state index is -4.46. The van der Waals surface area contributed by atoms with Crippen molar-refractivity contribution < 1.29 is 41.0 Å². The van der Waals surface area contributed by atoms with E-state index >= 15 is 0 Å². The molecule has 1 N–H and O–H groups in total. The van der Waals surface area contributed by atoms with E-state index in [-0.39, 0.29) is 6.61 Å². The molecule has 0 saturated carbocycles. The summed E-state index contributed by atoms with van der Waals surface area (Å²) in [6, 6.07) is 17.5. The lowest BCUT2D eigenvalue weighted by Crippen LogP contribution is -2.04. The molecular weight excluding hydrogens is 604 g/mol. The normalized spacial score (nSPS) is 10.8. The van der Waals surface area contributed by atoms with Crippen molar-refractivity contribution in [2.75, 3.05) is 13.7 Å². The Morgan fingerprint density at radius 2 is 1.27 bits per heavy atom. The molecule has 44 heavy (non-hydrogen) atoms. The molecule has 1 heterocycles. The van der Waals surface area contributed by atoms with Crippen LogP contribution in [0.1, 0.15) is 39.1 Å². The maximum atomic E-state index is 12.9. The van der Waals surface area contributed by atoms with Crippen molar-refractivity contribution in [1.29, 1.82) is 0 Å². The highest BCUT2D eigenvalue weighted by Crippen LogP contribution is 2.32. The van der Waals surface area contributed by atoms with Crippen molar-refractivity contribution in [1.82, 2.24) is 4.98 Å². The molecule has 11 heteroatoms. The van der Waals surface area contributed by atoms with Gasteiger partial charge in [-0.15, -0.1) is 0 Å². The van der Waals surface area contributed by atoms with Gasteiger partial charge in [-0.05, 0) is 97.3 Å². The van der Waals surface area contributed by atoms with Crippen LogP contribution >= 0.6 is 11.8 Å². The number of aromatic nitrogens is 1. The first-order valence-corrected chi connectivity index (χ1v) is 13.4. The fourth-order valence-corrected chi connectivity index (χ4v) is 4.49. The van der Waals surface area contributed by atoms with Crippen LogP contribution in [0.3, 0.4) is 0 Å². The molecule has 0 aliphatic rings. The standard InChI is InChI=1S/C32H19F6NO2S.CH4O/c1-21-18-28(14-15-29(21)41-17-16-40)42-30-20-24(3-2-22-4-9-25(10-5-22)31(33,34)35)19-27(39-30)13-8-23-6-11-26(12-7-23)32(36,37)38;1-2/h4-7,9-12,14-16,18-20H,17H2,1H3;2H,1H3. The molecule has 4 rings (SSSR count). The zero-order chi connectivity index (χ0) is 32.3. The lowest BCUT2D eigenvalue weighted by Gasteiger charge is -2.09. The summed E-state index contributed by atoms with van der Waals surface area (Å²) in [5.41, 5.74) is 0.709. The van der Waals surface area contributed by atoms with E-state index < -0.39 is 23.5 Å². The Kier molecular flexibility index (Phi) is 11.6. The molecule has 0 bridgehead atoms. The smallest absolute Gasteiger partial charge is 0.416 e. The van der Waals surface area contributed by atoms with Gasteiger partial charge in [0.05, 0.1) is 11.1 Å². The van der Waals surface area contributed by atoms with E-state index in [0.29, 0.717) is 39.4 Å². The number of nitrogens with zero attached hydrogens (tertiary/aromatic N) is 1. The zero-order valence-electron chi connectivity index (χ0n) is 23.2. The quantitative estimate of drug-likeness (QED) is 0.141. The van der Waals surface area contributed by atoms with Crippen LogP contribution in [0.2, 0.25) is 0 Å². The molecule has 0 saturated heterocycles. The van der Waals surface area contributed by atoms with Gasteiger partial charge in [0.25, 0.3) is 0 Å². The third kappa shape index (κ3) is 9.94. The second kappa shape index (κ2) is 15.1. The molecule has 0 fully saturated rings. The largest absolute Gasteiger partial charge is 0.486 e. The molecule has 0 atom stereocenters. The average Bonchev–Trinajstić information content (AvgIpc) is 2.99. The second-order valence-electron chi connectivity index (χ2n) is 8.74. The van der Waals surface area contributed by atoms with Crippen LogP contribution in [0.25, 0.3) is 0 Å². The Labute approximate surface area is 254 Å². The number of rotatable bonds is 5. The SMILES string of the molecule is CO.Cc1cc(Sc2cc(C#Cc3ccc(C(F)(F)F)cc3)cc(C#Cc3ccc(C(F)(F)F)cc3)n2)ccc1OCC=O. The number of ether oxygens (including phenoxy) is 1. The average molecular weight is 628 g/mol. The Morgan fingerprint density at radius 1 is 0.750 bits per heavy atom. The zero-order valence-corrected chi connectivity index (χ0v) is 24.0. The van der Waals surface area contributed by atoms with Gasteiger partial charge in [-0.25, -0.2) is 4.98 Å². The number of aldehydes is 1. The van der Waals surface area contributed by atoms with Crippen LogP contribution in [0.15, 0.2) is 88.8 Å². The van der Waals surface area contributed by atoms with Gasteiger partial charge in [-0.3, -0.25) is 4.79 Å². The van der Waals surface area contributed by atoms with Crippen LogP contribution in [-0.2, 0) is 17.1 Å². The van der Waals surface area contributed by atoms with Gasteiger partial charge in [-0.2, -0.15) is 26.3 Å². The van der Waals surface area contributed by atoms with Crippen molar-refractivity contribution in [2.24, 2.45) is 0 Å². The van der Waals surface area contributed by atoms with Gasteiger partial charge in [0.1, 0.15) is 23.1 Å². The van der Waals surface area contributed by atoms with Gasteiger partial charge in [0, 0.05) is 28.7 Å². The predicted molar refractivity (Wildman–Crippen MR) is 154 cm³/mol. The fourth-order valence-electron chi connectivity index (χ4n) is 3.55. The van der Waals surface area contributed by atoms with E-state index in [9.17, 15) is 31.1 Å². The third-order valence-corrected chi connectivity index (χ3v) is 6.50. The number of aliphatic hydroxyl groups is 1. The molecule has 3 aromatic carbocycles. The number of alkyl halides is 6. The highest BCUT2D eigenvalue weighted by molar-refractivity contribution is 7.99. The molecule has 0 aliphatic carbocycles. The topological polar surface area (TPSA) is 59.4 Å². The Balaban J connectivity index is 0.00000259. The van der Waals surface area contributed by atoms with E-state index in [2.05, 4.69) is 28.7 Å². The highest BCUT2D eigenvalue weighted by atomic mass is 32.2. The number of benzene rings is 3. The summed E-state index contributed by atoms with van der Waals surface area (Å²) in [5.74, 6) is 12.0. The summed E-state index contributed by atoms with van der Waals surface area (Å²) in [5, 5.41) is 7.51. The van der Waals surface area contributed by atoms with Crippen molar-refractivity contribution >= 4 is 18.0 Å². The lowest BCUT2D eigenvalue weighted by molar-refractivity contribution is -0.138. The summed E-state index contributed by atoms with van der Waals surface area (Å²) in [6.07, 6.45) is -8.27. The van der Waals surface area contributed by atoms with Crippen molar-refractivity contribution in [3.63, 3.8) is 0 Å². The van der Waals surface area contributed by atoms with E-state index in [4.69, 9.17) is 9.84 Å². The van der Waals surface area contributed by atoms with Crippen LogP contribution < -0.4 is 4.74 Å². The Morgan fingerprint density at radius 3 is 1.77 bits per heavy atom. The van der Waals surface area contributed by atoms with E-state index in [0.717, 1.165) is 41.8 Å². The summed E-state index contributed by atoms with van der Waals surface area (Å²) < 4.78 is 82.6. The number of aliphatic hydroxyl groups excluding tert-OH is 1. The van der Waals surface area contributed by atoms with Gasteiger partial charge in [-0.1, -0.05) is 29.5 Å². The van der Waals surface area contributed by atoms with Crippen LogP contribution in [0.5, 0.6) is 5.75 Å². The number of carbonyl (C=O) groups is 1. The summed E-state index contributed by atoms with van der Waals surface area (Å²) in [7, 11) is 1.00. The molecule has 0 aliphatic heterocycles. The molecule has 1 aromatic heterocycles. The first-order chi connectivity index (χ1) is 20.9. The fraction of sp³-hybridized carbons (Fsp3) is 0.152. The minimum absolute atomic E-state index is 0.0739. The molecule has 4 nitrogen and oxygen atoms in total. The van der Waals surface area contributed by atoms with Crippen molar-refractivity contribution in [3.8, 4) is 29.4 Å². The third-order valence-electron chi connectivity index (χ3n) is 5.59. The molecular formula is C33H23F6NO3S. The summed E-state index contributed by atoms with van der Waals surface area (Å²) in [4.78, 5) is 15.9. The molecule has 4 aromatic rings. The van der Waals surface area contributed by atoms with Crippen molar-refractivity contribution in [2.45, 2.75) is 29.2 Å². The van der Waals surface area contributed by atoms with Gasteiger partial charge < -0.3 is 9.84 Å². The number of carbonyl (C=O) groups excluding carboxylic acids is 1. The van der Waals surface area contributed by atoms with Crippen LogP contribution in [0, 0.1) is 30.6 Å². The number of pyridine rings is 1. The molecule has 0 amide bonds. The van der Waals surface area contributed by atoms with Gasteiger partial charge in [0.2, 0.25) is 0 Å². The second-order valence-corrected chi connectivity index (χ2v) is 9.83.